The fourth-order valence-corrected chi connectivity index (χ4v) is 2.12. The van der Waals surface area contributed by atoms with E-state index in [1.54, 1.807) is 7.11 Å². The van der Waals surface area contributed by atoms with E-state index in [0.29, 0.717) is 0 Å². The maximum atomic E-state index is 9.28. The van der Waals surface area contributed by atoms with Crippen LogP contribution in [0.1, 0.15) is 16.7 Å². The summed E-state index contributed by atoms with van der Waals surface area (Å²) in [7, 11) is 1.66. The minimum absolute atomic E-state index is 0.00131. The first-order chi connectivity index (χ1) is 9.26. The summed E-state index contributed by atoms with van der Waals surface area (Å²) in [5, 5.41) is 9.28. The molecule has 0 saturated heterocycles. The van der Waals surface area contributed by atoms with E-state index in [-0.39, 0.29) is 6.61 Å². The molecule has 19 heavy (non-hydrogen) atoms. The summed E-state index contributed by atoms with van der Waals surface area (Å²) in [6, 6.07) is 16.1. The minimum atomic E-state index is 0.00131. The van der Waals surface area contributed by atoms with Gasteiger partial charge in [0.2, 0.25) is 0 Å². The van der Waals surface area contributed by atoms with Crippen molar-refractivity contribution in [3.05, 3.63) is 71.3 Å². The zero-order chi connectivity index (χ0) is 13.7. The summed E-state index contributed by atoms with van der Waals surface area (Å²) in [5.74, 6) is 0.814. The van der Waals surface area contributed by atoms with Crippen LogP contribution >= 0.6 is 0 Å². The lowest BCUT2D eigenvalue weighted by molar-refractivity contribution is 0.343. The molecule has 1 N–H and O–H groups in total. The molecule has 0 saturated carbocycles. The molecule has 0 aliphatic rings. The fourth-order valence-electron chi connectivity index (χ4n) is 2.12. The third kappa shape index (κ3) is 3.04. The second-order valence-electron chi connectivity index (χ2n) is 4.37. The maximum Gasteiger partial charge on any atom is 0.126 e. The molecule has 0 heterocycles. The normalized spacial score (nSPS) is 11.4. The van der Waals surface area contributed by atoms with Crippen molar-refractivity contribution >= 4 is 5.57 Å². The molecule has 0 bridgehead atoms. The van der Waals surface area contributed by atoms with Gasteiger partial charge in [0.25, 0.3) is 0 Å². The topological polar surface area (TPSA) is 29.5 Å². The van der Waals surface area contributed by atoms with E-state index < -0.39 is 0 Å². The SMILES string of the molecule is COc1ccc(C)cc1C(=CCO)c1ccccc1. The first-order valence-electron chi connectivity index (χ1n) is 6.27. The predicted molar refractivity (Wildman–Crippen MR) is 78.3 cm³/mol. The van der Waals surface area contributed by atoms with Crippen LogP contribution in [0.25, 0.3) is 5.57 Å². The van der Waals surface area contributed by atoms with Crippen LogP contribution in [0.2, 0.25) is 0 Å². The van der Waals surface area contributed by atoms with Gasteiger partial charge in [-0.2, -0.15) is 0 Å². The molecule has 2 nitrogen and oxygen atoms in total. The van der Waals surface area contributed by atoms with Crippen molar-refractivity contribution in [1.82, 2.24) is 0 Å². The molecule has 0 aromatic heterocycles. The van der Waals surface area contributed by atoms with Crippen LogP contribution in [0.3, 0.4) is 0 Å². The van der Waals surface area contributed by atoms with Gasteiger partial charge in [-0.05, 0) is 30.2 Å². The van der Waals surface area contributed by atoms with E-state index in [1.165, 1.54) is 0 Å². The molecule has 98 valence electrons. The average molecular weight is 254 g/mol. The monoisotopic (exact) mass is 254 g/mol. The summed E-state index contributed by atoms with van der Waals surface area (Å²) >= 11 is 0. The average Bonchev–Trinajstić information content (AvgIpc) is 2.45. The van der Waals surface area contributed by atoms with Gasteiger partial charge in [-0.1, -0.05) is 48.0 Å². The van der Waals surface area contributed by atoms with Crippen LogP contribution in [0.4, 0.5) is 0 Å². The number of rotatable bonds is 4. The fraction of sp³-hybridized carbons (Fsp3) is 0.176. The third-order valence-corrected chi connectivity index (χ3v) is 3.03. The number of benzene rings is 2. The van der Waals surface area contributed by atoms with Crippen molar-refractivity contribution in [3.63, 3.8) is 0 Å². The van der Waals surface area contributed by atoms with Gasteiger partial charge in [0.15, 0.2) is 0 Å². The number of hydrogen-bond donors (Lipinski definition) is 1. The predicted octanol–water partition coefficient (Wildman–Crippen LogP) is 3.43. The largest absolute Gasteiger partial charge is 0.496 e. The molecular weight excluding hydrogens is 236 g/mol. The summed E-state index contributed by atoms with van der Waals surface area (Å²) in [4.78, 5) is 0. The van der Waals surface area contributed by atoms with Gasteiger partial charge in [-0.3, -0.25) is 0 Å². The molecule has 2 rings (SSSR count). The highest BCUT2D eigenvalue weighted by atomic mass is 16.5. The molecule has 0 unspecified atom stereocenters. The first kappa shape index (κ1) is 13.4. The second kappa shape index (κ2) is 6.21. The van der Waals surface area contributed by atoms with Gasteiger partial charge in [-0.25, -0.2) is 0 Å². The molecule has 0 spiro atoms. The number of aliphatic hydroxyl groups is 1. The van der Waals surface area contributed by atoms with Crippen LogP contribution in [0.5, 0.6) is 5.75 Å². The lowest BCUT2D eigenvalue weighted by Crippen LogP contribution is -1.95. The highest BCUT2D eigenvalue weighted by Gasteiger charge is 2.10. The molecule has 0 amide bonds. The van der Waals surface area contributed by atoms with Gasteiger partial charge < -0.3 is 9.84 Å². The van der Waals surface area contributed by atoms with Gasteiger partial charge in [0.05, 0.1) is 13.7 Å². The molecule has 0 aliphatic heterocycles. The van der Waals surface area contributed by atoms with Gasteiger partial charge >= 0.3 is 0 Å². The van der Waals surface area contributed by atoms with E-state index in [4.69, 9.17) is 4.74 Å². The van der Waals surface area contributed by atoms with Crippen LogP contribution in [0.15, 0.2) is 54.6 Å². The van der Waals surface area contributed by atoms with Gasteiger partial charge in [0, 0.05) is 5.56 Å². The Hall–Kier alpha value is -2.06. The summed E-state index contributed by atoms with van der Waals surface area (Å²) in [6.45, 7) is 2.05. The lowest BCUT2D eigenvalue weighted by atomic mass is 9.95. The molecule has 0 fully saturated rings. The van der Waals surface area contributed by atoms with Crippen molar-refractivity contribution in [3.8, 4) is 5.75 Å². The number of aryl methyl sites for hydroxylation is 1. The Morgan fingerprint density at radius 1 is 1.16 bits per heavy atom. The highest BCUT2D eigenvalue weighted by Crippen LogP contribution is 2.31. The van der Waals surface area contributed by atoms with Crippen molar-refractivity contribution < 1.29 is 9.84 Å². The first-order valence-corrected chi connectivity index (χ1v) is 6.27. The maximum absolute atomic E-state index is 9.28. The number of aliphatic hydroxyl groups excluding tert-OH is 1. The van der Waals surface area contributed by atoms with Crippen LogP contribution in [0, 0.1) is 6.92 Å². The van der Waals surface area contributed by atoms with Crippen molar-refractivity contribution in [2.75, 3.05) is 13.7 Å². The highest BCUT2D eigenvalue weighted by molar-refractivity contribution is 5.83. The van der Waals surface area contributed by atoms with Gasteiger partial charge in [-0.15, -0.1) is 0 Å². The number of hydrogen-bond acceptors (Lipinski definition) is 2. The van der Waals surface area contributed by atoms with Crippen LogP contribution in [-0.4, -0.2) is 18.8 Å². The second-order valence-corrected chi connectivity index (χ2v) is 4.37. The molecular formula is C17H18O2. The smallest absolute Gasteiger partial charge is 0.126 e. The Kier molecular flexibility index (Phi) is 4.37. The number of methoxy groups -OCH3 is 1. The molecule has 2 aromatic rings. The van der Waals surface area contributed by atoms with E-state index in [0.717, 1.165) is 28.0 Å². The zero-order valence-electron chi connectivity index (χ0n) is 11.3. The van der Waals surface area contributed by atoms with Gasteiger partial charge in [0.1, 0.15) is 5.75 Å². The van der Waals surface area contributed by atoms with E-state index in [1.807, 2.05) is 55.5 Å². The summed E-state index contributed by atoms with van der Waals surface area (Å²) in [6.07, 6.45) is 1.81. The molecule has 2 heteroatoms. The van der Waals surface area contributed by atoms with Crippen molar-refractivity contribution in [2.24, 2.45) is 0 Å². The molecule has 2 aromatic carbocycles. The van der Waals surface area contributed by atoms with E-state index >= 15 is 0 Å². The van der Waals surface area contributed by atoms with E-state index in [9.17, 15) is 5.11 Å². The van der Waals surface area contributed by atoms with Crippen molar-refractivity contribution in [1.29, 1.82) is 0 Å². The molecule has 0 radical (unpaired) electrons. The Morgan fingerprint density at radius 3 is 2.53 bits per heavy atom. The van der Waals surface area contributed by atoms with E-state index in [2.05, 4.69) is 6.07 Å². The summed E-state index contributed by atoms with van der Waals surface area (Å²) < 4.78 is 5.43. The number of ether oxygens (including phenoxy) is 1. The Morgan fingerprint density at radius 2 is 1.89 bits per heavy atom. The Balaban J connectivity index is 2.58. The zero-order valence-corrected chi connectivity index (χ0v) is 11.3. The Bertz CT molecular complexity index is 571. The lowest BCUT2D eigenvalue weighted by Gasteiger charge is -2.13. The minimum Gasteiger partial charge on any atom is -0.496 e. The van der Waals surface area contributed by atoms with Crippen molar-refractivity contribution in [2.45, 2.75) is 6.92 Å². The van der Waals surface area contributed by atoms with Crippen LogP contribution in [-0.2, 0) is 0 Å². The summed E-state index contributed by atoms with van der Waals surface area (Å²) in [5.41, 5.74) is 4.22. The Labute approximate surface area is 114 Å². The standard InChI is InChI=1S/C17H18O2/c1-13-8-9-17(19-2)16(12-13)15(10-11-18)14-6-4-3-5-7-14/h3-10,12,18H,11H2,1-2H3. The van der Waals surface area contributed by atoms with Crippen LogP contribution < -0.4 is 4.74 Å². The quantitative estimate of drug-likeness (QED) is 0.905. The molecule has 0 atom stereocenters. The molecule has 0 aliphatic carbocycles. The third-order valence-electron chi connectivity index (χ3n) is 3.03.